The number of carboxylic acids is 1. The number of hydrogen-bond donors (Lipinski definition) is 1. The topological polar surface area (TPSA) is 78.9 Å². The summed E-state index contributed by atoms with van der Waals surface area (Å²) >= 11 is 3.29. The number of nitriles is 1. The monoisotopic (exact) mass is 291 g/mol. The summed E-state index contributed by atoms with van der Waals surface area (Å²) in [6.45, 7) is 0. The average molecular weight is 292 g/mol. The zero-order valence-corrected chi connectivity index (χ0v) is 10.0. The second-order valence-corrected chi connectivity index (χ2v) is 4.14. The molecular formula is C11H6BrN3O2. The van der Waals surface area contributed by atoms with E-state index in [1.807, 2.05) is 12.1 Å². The molecule has 2 rings (SSSR count). The Morgan fingerprint density at radius 1 is 1.47 bits per heavy atom. The second-order valence-electron chi connectivity index (χ2n) is 3.22. The van der Waals surface area contributed by atoms with Crippen molar-refractivity contribution < 1.29 is 9.90 Å². The molecule has 0 aliphatic carbocycles. The van der Waals surface area contributed by atoms with Crippen LogP contribution in [0.3, 0.4) is 0 Å². The first-order valence-corrected chi connectivity index (χ1v) is 5.40. The maximum Gasteiger partial charge on any atom is 0.354 e. The third kappa shape index (κ3) is 2.19. The van der Waals surface area contributed by atoms with Crippen molar-refractivity contribution in [3.05, 3.63) is 46.2 Å². The van der Waals surface area contributed by atoms with Gasteiger partial charge in [0, 0.05) is 10.5 Å². The average Bonchev–Trinajstić information content (AvgIpc) is 2.73. The Bertz CT molecular complexity index is 628. The third-order valence-electron chi connectivity index (χ3n) is 2.10. The van der Waals surface area contributed by atoms with Gasteiger partial charge in [0.2, 0.25) is 0 Å². The van der Waals surface area contributed by atoms with E-state index < -0.39 is 5.97 Å². The van der Waals surface area contributed by atoms with Crippen molar-refractivity contribution in [1.29, 1.82) is 5.26 Å². The van der Waals surface area contributed by atoms with Crippen LogP contribution in [-0.2, 0) is 0 Å². The normalized spacial score (nSPS) is 9.88. The fourth-order valence-corrected chi connectivity index (χ4v) is 1.78. The van der Waals surface area contributed by atoms with Gasteiger partial charge in [0.05, 0.1) is 5.69 Å². The molecule has 17 heavy (non-hydrogen) atoms. The molecule has 1 aromatic carbocycles. The molecule has 0 aliphatic heterocycles. The lowest BCUT2D eigenvalue weighted by atomic mass is 10.3. The molecule has 1 heterocycles. The zero-order valence-electron chi connectivity index (χ0n) is 8.46. The molecule has 0 spiro atoms. The first-order valence-electron chi connectivity index (χ1n) is 4.61. The molecule has 0 atom stereocenters. The van der Waals surface area contributed by atoms with Crippen LogP contribution in [-0.4, -0.2) is 20.9 Å². The largest absolute Gasteiger partial charge is 0.477 e. The fraction of sp³-hybridized carbons (Fsp3) is 0. The smallest absolute Gasteiger partial charge is 0.354 e. The predicted molar refractivity (Wildman–Crippen MR) is 62.9 cm³/mol. The molecule has 84 valence electrons. The highest BCUT2D eigenvalue weighted by Crippen LogP contribution is 2.17. The van der Waals surface area contributed by atoms with Crippen LogP contribution in [0.5, 0.6) is 0 Å². The van der Waals surface area contributed by atoms with Gasteiger partial charge < -0.3 is 5.11 Å². The highest BCUT2D eigenvalue weighted by Gasteiger charge is 2.15. The number of aromatic carboxylic acids is 1. The van der Waals surface area contributed by atoms with Crippen molar-refractivity contribution in [1.82, 2.24) is 9.78 Å². The Kier molecular flexibility index (Phi) is 2.93. The Hall–Kier alpha value is -2.13. The van der Waals surface area contributed by atoms with Crippen LogP contribution in [0.15, 0.2) is 34.8 Å². The van der Waals surface area contributed by atoms with E-state index in [1.165, 1.54) is 10.7 Å². The van der Waals surface area contributed by atoms with Gasteiger partial charge >= 0.3 is 5.97 Å². The number of aromatic nitrogens is 2. The van der Waals surface area contributed by atoms with E-state index in [-0.39, 0.29) is 11.4 Å². The van der Waals surface area contributed by atoms with E-state index >= 15 is 0 Å². The molecule has 0 unspecified atom stereocenters. The minimum Gasteiger partial charge on any atom is -0.477 e. The van der Waals surface area contributed by atoms with Crippen LogP contribution < -0.4 is 0 Å². The molecule has 0 saturated heterocycles. The van der Waals surface area contributed by atoms with Gasteiger partial charge in [-0.05, 0) is 18.2 Å². The van der Waals surface area contributed by atoms with Gasteiger partial charge in [-0.3, -0.25) is 0 Å². The third-order valence-corrected chi connectivity index (χ3v) is 2.59. The minimum absolute atomic E-state index is 0.0420. The summed E-state index contributed by atoms with van der Waals surface area (Å²) in [5.41, 5.74) is 0.611. The zero-order chi connectivity index (χ0) is 12.4. The van der Waals surface area contributed by atoms with Gasteiger partial charge in [-0.15, -0.1) is 0 Å². The summed E-state index contributed by atoms with van der Waals surface area (Å²) in [5, 5.41) is 21.7. The molecule has 5 nitrogen and oxygen atoms in total. The van der Waals surface area contributed by atoms with E-state index in [0.29, 0.717) is 5.69 Å². The SMILES string of the molecule is N#Cc1cc(C(=O)O)n(-c2cccc(Br)c2)n1. The van der Waals surface area contributed by atoms with Crippen molar-refractivity contribution in [3.8, 4) is 11.8 Å². The Balaban J connectivity index is 2.62. The van der Waals surface area contributed by atoms with Crippen LogP contribution in [0.1, 0.15) is 16.2 Å². The van der Waals surface area contributed by atoms with Gasteiger partial charge in [-0.2, -0.15) is 10.4 Å². The van der Waals surface area contributed by atoms with Crippen LogP contribution >= 0.6 is 15.9 Å². The number of benzene rings is 1. The Labute approximate surface area is 105 Å². The van der Waals surface area contributed by atoms with Crippen molar-refractivity contribution in [2.24, 2.45) is 0 Å². The highest BCUT2D eigenvalue weighted by molar-refractivity contribution is 9.10. The number of halogens is 1. The fourth-order valence-electron chi connectivity index (χ4n) is 1.39. The lowest BCUT2D eigenvalue weighted by Crippen LogP contribution is -2.07. The second kappa shape index (κ2) is 4.39. The summed E-state index contributed by atoms with van der Waals surface area (Å²) < 4.78 is 2.03. The lowest BCUT2D eigenvalue weighted by molar-refractivity contribution is 0.0687. The van der Waals surface area contributed by atoms with Crippen molar-refractivity contribution in [3.63, 3.8) is 0 Å². The molecule has 0 aliphatic rings. The van der Waals surface area contributed by atoms with Crippen molar-refractivity contribution >= 4 is 21.9 Å². The highest BCUT2D eigenvalue weighted by atomic mass is 79.9. The molecule has 0 saturated carbocycles. The van der Waals surface area contributed by atoms with E-state index in [9.17, 15) is 4.79 Å². The van der Waals surface area contributed by atoms with Gasteiger partial charge in [-0.25, -0.2) is 9.48 Å². The van der Waals surface area contributed by atoms with E-state index in [1.54, 1.807) is 18.2 Å². The van der Waals surface area contributed by atoms with Gasteiger partial charge in [0.25, 0.3) is 0 Å². The molecule has 0 fully saturated rings. The lowest BCUT2D eigenvalue weighted by Gasteiger charge is -2.04. The van der Waals surface area contributed by atoms with Crippen molar-refractivity contribution in [2.75, 3.05) is 0 Å². The number of nitrogens with zero attached hydrogens (tertiary/aromatic N) is 3. The Morgan fingerprint density at radius 2 is 2.24 bits per heavy atom. The van der Waals surface area contributed by atoms with Crippen molar-refractivity contribution in [2.45, 2.75) is 0 Å². The van der Waals surface area contributed by atoms with Crippen LogP contribution in [0, 0.1) is 11.3 Å². The van der Waals surface area contributed by atoms with E-state index in [2.05, 4.69) is 21.0 Å². The molecule has 1 N–H and O–H groups in total. The summed E-state index contributed by atoms with van der Waals surface area (Å²) in [6.07, 6.45) is 0. The van der Waals surface area contributed by atoms with Gasteiger partial charge in [0.15, 0.2) is 11.4 Å². The first-order chi connectivity index (χ1) is 8.11. The standard InChI is InChI=1S/C11H6BrN3O2/c12-7-2-1-3-9(4-7)15-10(11(16)17)5-8(6-13)14-15/h1-5H,(H,16,17). The van der Waals surface area contributed by atoms with Crippen LogP contribution in [0.2, 0.25) is 0 Å². The van der Waals surface area contributed by atoms with Gasteiger partial charge in [-0.1, -0.05) is 22.0 Å². The first kappa shape index (κ1) is 11.4. The summed E-state index contributed by atoms with van der Waals surface area (Å²) in [6, 6.07) is 10.1. The maximum absolute atomic E-state index is 11.0. The van der Waals surface area contributed by atoms with E-state index in [0.717, 1.165) is 4.47 Å². The number of hydrogen-bond acceptors (Lipinski definition) is 3. The minimum atomic E-state index is -1.13. The molecular weight excluding hydrogens is 286 g/mol. The predicted octanol–water partition coefficient (Wildman–Crippen LogP) is 2.20. The molecule has 6 heteroatoms. The van der Waals surface area contributed by atoms with Gasteiger partial charge in [0.1, 0.15) is 6.07 Å². The molecule has 0 bridgehead atoms. The number of rotatable bonds is 2. The number of carbonyl (C=O) groups is 1. The summed E-state index contributed by atoms with van der Waals surface area (Å²) in [5.74, 6) is -1.13. The van der Waals surface area contributed by atoms with Crippen LogP contribution in [0.25, 0.3) is 5.69 Å². The molecule has 1 aromatic heterocycles. The van der Waals surface area contributed by atoms with E-state index in [4.69, 9.17) is 10.4 Å². The quantitative estimate of drug-likeness (QED) is 0.920. The summed E-state index contributed by atoms with van der Waals surface area (Å²) in [7, 11) is 0. The molecule has 2 aromatic rings. The van der Waals surface area contributed by atoms with Crippen LogP contribution in [0.4, 0.5) is 0 Å². The number of carboxylic acid groups (broad SMARTS) is 1. The Morgan fingerprint density at radius 3 is 2.82 bits per heavy atom. The summed E-state index contributed by atoms with van der Waals surface area (Å²) in [4.78, 5) is 11.0. The molecule has 0 radical (unpaired) electrons. The molecule has 0 amide bonds. The maximum atomic E-state index is 11.0.